The standard InChI is InChI=1S/CHINO2P/c2-1(3-4)6-5/h1H. The third kappa shape index (κ3) is 2.66. The van der Waals surface area contributed by atoms with Crippen molar-refractivity contribution in [3.63, 3.8) is 0 Å². The van der Waals surface area contributed by atoms with Crippen molar-refractivity contribution in [1.29, 1.82) is 0 Å². The Morgan fingerprint density at radius 1 is 1.83 bits per heavy atom. The normalized spacial score (nSPS) is 14.2. The summed E-state index contributed by atoms with van der Waals surface area (Å²) in [6, 6.07) is 0. The van der Waals surface area contributed by atoms with Crippen molar-refractivity contribution in [3.05, 3.63) is 4.91 Å². The summed E-state index contributed by atoms with van der Waals surface area (Å²) in [5, 5.41) is 2.42. The zero-order chi connectivity index (χ0) is 4.99. The van der Waals surface area contributed by atoms with Gasteiger partial charge in [-0.1, -0.05) is 0 Å². The highest BCUT2D eigenvalue weighted by Gasteiger charge is 1.95. The molecule has 0 amide bonds. The average Bonchev–Trinajstić information content (AvgIpc) is 1.65. The zero-order valence-electron chi connectivity index (χ0n) is 2.67. The molecule has 3 nitrogen and oxygen atoms in total. The van der Waals surface area contributed by atoms with Gasteiger partial charge in [-0.05, 0) is 27.8 Å². The zero-order valence-corrected chi connectivity index (χ0v) is 5.72. The summed E-state index contributed by atoms with van der Waals surface area (Å²) in [7, 11) is -0.214. The van der Waals surface area contributed by atoms with Crippen LogP contribution >= 0.6 is 31.1 Å². The predicted molar refractivity (Wildman–Crippen MR) is 31.2 cm³/mol. The fraction of sp³-hybridized carbons (Fsp3) is 1.00. The van der Waals surface area contributed by atoms with Crippen LogP contribution in [0.2, 0.25) is 0 Å². The van der Waals surface area contributed by atoms with E-state index >= 15 is 0 Å². The maximum atomic E-state index is 9.53. The molecule has 34 valence electrons. The van der Waals surface area contributed by atoms with E-state index in [1.165, 1.54) is 0 Å². The van der Waals surface area contributed by atoms with E-state index in [9.17, 15) is 9.47 Å². The van der Waals surface area contributed by atoms with Gasteiger partial charge in [0.25, 0.3) is 0 Å². The number of nitrogens with zero attached hydrogens (tertiary/aromatic N) is 1. The van der Waals surface area contributed by atoms with E-state index in [0.717, 1.165) is 0 Å². The summed E-state index contributed by atoms with van der Waals surface area (Å²) >= 11 is 1.67. The Hall–Kier alpha value is 0.430. The van der Waals surface area contributed by atoms with Gasteiger partial charge in [0.2, 0.25) is 3.79 Å². The second kappa shape index (κ2) is 3.61. The smallest absolute Gasteiger partial charge is 0.221 e. The number of hydrogen-bond acceptors (Lipinski definition) is 3. The van der Waals surface area contributed by atoms with E-state index in [1.54, 1.807) is 22.6 Å². The van der Waals surface area contributed by atoms with Crippen LogP contribution < -0.4 is 0 Å². The molecule has 0 aromatic carbocycles. The molecule has 0 aromatic rings. The topological polar surface area (TPSA) is 46.5 Å². The lowest BCUT2D eigenvalue weighted by molar-refractivity contribution is 0.598. The van der Waals surface area contributed by atoms with Crippen LogP contribution in [0.15, 0.2) is 5.18 Å². The van der Waals surface area contributed by atoms with Gasteiger partial charge in [0, 0.05) is 0 Å². The fourth-order valence-electron chi connectivity index (χ4n) is 0.0192. The first-order chi connectivity index (χ1) is 2.81. The summed E-state index contributed by atoms with van der Waals surface area (Å²) in [4.78, 5) is 9.27. The van der Waals surface area contributed by atoms with Crippen LogP contribution in [0.3, 0.4) is 0 Å². The van der Waals surface area contributed by atoms with Crippen molar-refractivity contribution in [2.75, 3.05) is 0 Å². The Morgan fingerprint density at radius 3 is 2.33 bits per heavy atom. The first kappa shape index (κ1) is 6.43. The van der Waals surface area contributed by atoms with E-state index in [1.807, 2.05) is 0 Å². The predicted octanol–water partition coefficient (Wildman–Crippen LogP) is 1.76. The molecule has 0 rings (SSSR count). The summed E-state index contributed by atoms with van der Waals surface area (Å²) < 4.78 is 8.92. The summed E-state index contributed by atoms with van der Waals surface area (Å²) in [5.41, 5.74) is 0. The molecular weight excluding hydrogens is 216 g/mol. The van der Waals surface area contributed by atoms with Crippen molar-refractivity contribution in [1.82, 2.24) is 0 Å². The van der Waals surface area contributed by atoms with E-state index in [4.69, 9.17) is 0 Å². The van der Waals surface area contributed by atoms with Gasteiger partial charge in [-0.15, -0.1) is 4.91 Å². The number of alkyl halides is 1. The van der Waals surface area contributed by atoms with Crippen molar-refractivity contribution in [3.8, 4) is 0 Å². The minimum Gasteiger partial charge on any atom is -0.272 e. The number of rotatable bonds is 2. The highest BCUT2D eigenvalue weighted by Crippen LogP contribution is 2.14. The average molecular weight is 217 g/mol. The molecule has 6 heavy (non-hydrogen) atoms. The largest absolute Gasteiger partial charge is 0.272 e. The number of nitroso groups, excluding NO2 is 1. The molecule has 5 heteroatoms. The Morgan fingerprint density at radius 2 is 2.33 bits per heavy atom. The lowest BCUT2D eigenvalue weighted by Gasteiger charge is -1.73. The third-order valence-corrected chi connectivity index (χ3v) is 1.35. The Balaban J connectivity index is 3.21. The molecule has 0 spiro atoms. The lowest BCUT2D eigenvalue weighted by Crippen LogP contribution is -1.68. The highest BCUT2D eigenvalue weighted by atomic mass is 127. The van der Waals surface area contributed by atoms with Gasteiger partial charge < -0.3 is 0 Å². The maximum absolute atomic E-state index is 9.53. The van der Waals surface area contributed by atoms with Gasteiger partial charge in [-0.2, -0.15) is 0 Å². The van der Waals surface area contributed by atoms with E-state index in [0.29, 0.717) is 0 Å². The van der Waals surface area contributed by atoms with Crippen LogP contribution in [-0.2, 0) is 4.57 Å². The molecule has 0 N–H and O–H groups in total. The van der Waals surface area contributed by atoms with E-state index in [2.05, 4.69) is 5.18 Å². The van der Waals surface area contributed by atoms with Crippen molar-refractivity contribution >= 4 is 31.1 Å². The van der Waals surface area contributed by atoms with Gasteiger partial charge in [0.05, 0.1) is 0 Å². The molecule has 0 radical (unpaired) electrons. The molecule has 1 unspecified atom stereocenters. The minimum absolute atomic E-state index is 0.214. The monoisotopic (exact) mass is 217 g/mol. The van der Waals surface area contributed by atoms with E-state index in [-0.39, 0.29) is 8.46 Å². The summed E-state index contributed by atoms with van der Waals surface area (Å²) in [6.07, 6.45) is 0. The van der Waals surface area contributed by atoms with Crippen LogP contribution in [0.1, 0.15) is 0 Å². The van der Waals surface area contributed by atoms with Gasteiger partial charge in [-0.25, -0.2) is 0 Å². The van der Waals surface area contributed by atoms with Crippen LogP contribution in [0, 0.1) is 4.91 Å². The molecule has 0 fully saturated rings. The fourth-order valence-corrected chi connectivity index (χ4v) is 0.0577. The van der Waals surface area contributed by atoms with Crippen LogP contribution in [0.5, 0.6) is 0 Å². The Bertz CT molecular complexity index is 58.6. The summed E-state index contributed by atoms with van der Waals surface area (Å²) in [5.74, 6) is 0. The molecular formula is CHINO2P. The molecule has 0 saturated heterocycles. The Labute approximate surface area is 49.8 Å². The molecule has 0 aromatic heterocycles. The molecule has 0 aliphatic heterocycles. The highest BCUT2D eigenvalue weighted by molar-refractivity contribution is 14.1. The third-order valence-electron chi connectivity index (χ3n) is 0.174. The van der Waals surface area contributed by atoms with Crippen LogP contribution in [0.4, 0.5) is 0 Å². The first-order valence-electron chi connectivity index (χ1n) is 1.10. The van der Waals surface area contributed by atoms with Crippen molar-refractivity contribution < 1.29 is 4.57 Å². The van der Waals surface area contributed by atoms with Gasteiger partial charge >= 0.3 is 0 Å². The van der Waals surface area contributed by atoms with Gasteiger partial charge in [0.15, 0.2) is 8.46 Å². The first-order valence-corrected chi connectivity index (χ1v) is 3.23. The minimum atomic E-state index is -0.609. The molecule has 0 heterocycles. The molecule has 0 aliphatic carbocycles. The quantitative estimate of drug-likeness (QED) is 0.232. The number of hydrogen-bond donors (Lipinski definition) is 0. The van der Waals surface area contributed by atoms with Gasteiger partial charge in [0.1, 0.15) is 0 Å². The number of halogens is 1. The van der Waals surface area contributed by atoms with Gasteiger partial charge in [-0.3, -0.25) is 4.57 Å². The molecule has 0 saturated carbocycles. The van der Waals surface area contributed by atoms with E-state index < -0.39 is 3.79 Å². The summed E-state index contributed by atoms with van der Waals surface area (Å²) in [6.45, 7) is 0. The van der Waals surface area contributed by atoms with Crippen LogP contribution in [0.25, 0.3) is 0 Å². The SMILES string of the molecule is O=NC(I)P=O. The lowest BCUT2D eigenvalue weighted by atomic mass is 11.5. The second-order valence-electron chi connectivity index (χ2n) is 0.521. The Kier molecular flexibility index (Phi) is 3.87. The second-order valence-corrected chi connectivity index (χ2v) is 3.39. The van der Waals surface area contributed by atoms with Crippen molar-refractivity contribution in [2.24, 2.45) is 5.18 Å². The molecule has 0 bridgehead atoms. The maximum Gasteiger partial charge on any atom is 0.221 e. The molecule has 0 aliphatic rings. The van der Waals surface area contributed by atoms with Crippen LogP contribution in [-0.4, -0.2) is 3.79 Å². The molecule has 1 atom stereocenters. The van der Waals surface area contributed by atoms with Crippen molar-refractivity contribution in [2.45, 2.75) is 3.79 Å².